The average molecular weight is 210 g/mol. The lowest BCUT2D eigenvalue weighted by atomic mass is 10.1. The molecule has 3 heteroatoms. The molecule has 0 saturated heterocycles. The van der Waals surface area contributed by atoms with E-state index in [-0.39, 0.29) is 11.4 Å². The van der Waals surface area contributed by atoms with Crippen LogP contribution in [-0.4, -0.2) is 24.5 Å². The molecule has 0 radical (unpaired) electrons. The fraction of sp³-hybridized carbons (Fsp3) is 0.750. The summed E-state index contributed by atoms with van der Waals surface area (Å²) >= 11 is 0. The Morgan fingerprint density at radius 1 is 1.33 bits per heavy atom. The first-order chi connectivity index (χ1) is 6.95. The van der Waals surface area contributed by atoms with Gasteiger partial charge in [-0.1, -0.05) is 0 Å². The van der Waals surface area contributed by atoms with E-state index in [2.05, 4.69) is 16.6 Å². The molecule has 0 unspecified atom stereocenters. The van der Waals surface area contributed by atoms with Crippen molar-refractivity contribution in [1.82, 2.24) is 10.6 Å². The standard InChI is InChI=1S/C12H22N2O/c1-5-6-7-8-9-13-10-11(15)14-12(2,3)4/h1,13H,6-10H2,2-4H3,(H,14,15). The Labute approximate surface area is 93.0 Å². The summed E-state index contributed by atoms with van der Waals surface area (Å²) in [6.45, 7) is 7.14. The van der Waals surface area contributed by atoms with Gasteiger partial charge in [0, 0.05) is 12.0 Å². The van der Waals surface area contributed by atoms with Crippen LogP contribution in [0.3, 0.4) is 0 Å². The fourth-order valence-corrected chi connectivity index (χ4v) is 1.14. The van der Waals surface area contributed by atoms with Gasteiger partial charge in [-0.05, 0) is 40.2 Å². The maximum atomic E-state index is 11.3. The van der Waals surface area contributed by atoms with Gasteiger partial charge in [0.15, 0.2) is 0 Å². The zero-order chi connectivity index (χ0) is 11.7. The minimum atomic E-state index is -0.151. The van der Waals surface area contributed by atoms with E-state index in [1.165, 1.54) is 0 Å². The van der Waals surface area contributed by atoms with Crippen molar-refractivity contribution in [2.75, 3.05) is 13.1 Å². The summed E-state index contributed by atoms with van der Waals surface area (Å²) in [6, 6.07) is 0. The number of rotatable bonds is 6. The smallest absolute Gasteiger partial charge is 0.234 e. The molecule has 15 heavy (non-hydrogen) atoms. The number of carbonyl (C=O) groups is 1. The van der Waals surface area contributed by atoms with Crippen molar-refractivity contribution in [1.29, 1.82) is 0 Å². The van der Waals surface area contributed by atoms with E-state index >= 15 is 0 Å². The molecule has 0 aliphatic rings. The van der Waals surface area contributed by atoms with Crippen LogP contribution in [0, 0.1) is 12.3 Å². The molecule has 0 aromatic heterocycles. The lowest BCUT2D eigenvalue weighted by Gasteiger charge is -2.20. The summed E-state index contributed by atoms with van der Waals surface area (Å²) < 4.78 is 0. The van der Waals surface area contributed by atoms with Gasteiger partial charge in [0.2, 0.25) is 5.91 Å². The van der Waals surface area contributed by atoms with Crippen molar-refractivity contribution in [3.8, 4) is 12.3 Å². The molecule has 0 bridgehead atoms. The van der Waals surface area contributed by atoms with Crippen molar-refractivity contribution in [3.63, 3.8) is 0 Å². The Kier molecular flexibility index (Phi) is 6.81. The lowest BCUT2D eigenvalue weighted by Crippen LogP contribution is -2.44. The highest BCUT2D eigenvalue weighted by Crippen LogP contribution is 1.97. The SMILES string of the molecule is C#CCCCCNCC(=O)NC(C)(C)C. The second-order valence-electron chi connectivity index (χ2n) is 4.64. The van der Waals surface area contributed by atoms with Crippen LogP contribution in [0.5, 0.6) is 0 Å². The molecule has 0 fully saturated rings. The van der Waals surface area contributed by atoms with E-state index in [9.17, 15) is 4.79 Å². The first kappa shape index (κ1) is 14.0. The number of unbranched alkanes of at least 4 members (excludes halogenated alkanes) is 2. The second-order valence-corrected chi connectivity index (χ2v) is 4.64. The molecule has 1 amide bonds. The van der Waals surface area contributed by atoms with E-state index in [0.717, 1.165) is 25.8 Å². The molecule has 0 aromatic carbocycles. The fourth-order valence-electron chi connectivity index (χ4n) is 1.14. The predicted molar refractivity (Wildman–Crippen MR) is 63.4 cm³/mol. The highest BCUT2D eigenvalue weighted by Gasteiger charge is 2.12. The van der Waals surface area contributed by atoms with Gasteiger partial charge in [0.05, 0.1) is 6.54 Å². The van der Waals surface area contributed by atoms with Gasteiger partial charge in [-0.15, -0.1) is 12.3 Å². The lowest BCUT2D eigenvalue weighted by molar-refractivity contribution is -0.121. The first-order valence-corrected chi connectivity index (χ1v) is 5.41. The molecule has 3 nitrogen and oxygen atoms in total. The molecule has 0 atom stereocenters. The van der Waals surface area contributed by atoms with Crippen LogP contribution in [-0.2, 0) is 4.79 Å². The van der Waals surface area contributed by atoms with Crippen LogP contribution in [0.15, 0.2) is 0 Å². The van der Waals surface area contributed by atoms with Gasteiger partial charge in [0.1, 0.15) is 0 Å². The maximum Gasteiger partial charge on any atom is 0.234 e. The van der Waals surface area contributed by atoms with Gasteiger partial charge in [-0.3, -0.25) is 4.79 Å². The zero-order valence-corrected chi connectivity index (χ0v) is 10.0. The molecule has 0 aromatic rings. The Morgan fingerprint density at radius 3 is 2.53 bits per heavy atom. The van der Waals surface area contributed by atoms with E-state index in [1.54, 1.807) is 0 Å². The van der Waals surface area contributed by atoms with Crippen molar-refractivity contribution in [2.24, 2.45) is 0 Å². The Morgan fingerprint density at radius 2 is 2.00 bits per heavy atom. The highest BCUT2D eigenvalue weighted by atomic mass is 16.2. The molecular weight excluding hydrogens is 188 g/mol. The third-order valence-corrected chi connectivity index (χ3v) is 1.72. The normalized spacial score (nSPS) is 10.8. The van der Waals surface area contributed by atoms with Gasteiger partial charge in [-0.25, -0.2) is 0 Å². The molecule has 0 aliphatic carbocycles. The molecular formula is C12H22N2O. The molecule has 0 spiro atoms. The highest BCUT2D eigenvalue weighted by molar-refractivity contribution is 5.78. The largest absolute Gasteiger partial charge is 0.350 e. The molecule has 2 N–H and O–H groups in total. The second kappa shape index (κ2) is 7.30. The summed E-state index contributed by atoms with van der Waals surface area (Å²) in [4.78, 5) is 11.3. The van der Waals surface area contributed by atoms with Crippen molar-refractivity contribution in [2.45, 2.75) is 45.6 Å². The van der Waals surface area contributed by atoms with Crippen molar-refractivity contribution >= 4 is 5.91 Å². The maximum absolute atomic E-state index is 11.3. The van der Waals surface area contributed by atoms with E-state index in [0.29, 0.717) is 6.54 Å². The minimum Gasteiger partial charge on any atom is -0.350 e. The van der Waals surface area contributed by atoms with E-state index in [4.69, 9.17) is 6.42 Å². The van der Waals surface area contributed by atoms with Crippen LogP contribution in [0.1, 0.15) is 40.0 Å². The third-order valence-electron chi connectivity index (χ3n) is 1.72. The van der Waals surface area contributed by atoms with Gasteiger partial charge in [-0.2, -0.15) is 0 Å². The van der Waals surface area contributed by atoms with Crippen LogP contribution < -0.4 is 10.6 Å². The summed E-state index contributed by atoms with van der Waals surface area (Å²) in [5, 5.41) is 5.97. The topological polar surface area (TPSA) is 41.1 Å². The summed E-state index contributed by atoms with van der Waals surface area (Å²) in [5.41, 5.74) is -0.151. The Balaban J connectivity index is 3.37. The van der Waals surface area contributed by atoms with E-state index in [1.807, 2.05) is 20.8 Å². The zero-order valence-electron chi connectivity index (χ0n) is 10.0. The monoisotopic (exact) mass is 210 g/mol. The quantitative estimate of drug-likeness (QED) is 0.512. The van der Waals surface area contributed by atoms with E-state index < -0.39 is 0 Å². The Hall–Kier alpha value is -1.01. The van der Waals surface area contributed by atoms with Gasteiger partial charge < -0.3 is 10.6 Å². The summed E-state index contributed by atoms with van der Waals surface area (Å²) in [7, 11) is 0. The van der Waals surface area contributed by atoms with Gasteiger partial charge >= 0.3 is 0 Å². The van der Waals surface area contributed by atoms with Crippen molar-refractivity contribution in [3.05, 3.63) is 0 Å². The van der Waals surface area contributed by atoms with Crippen molar-refractivity contribution < 1.29 is 4.79 Å². The molecule has 0 rings (SSSR count). The molecule has 86 valence electrons. The molecule has 0 heterocycles. The van der Waals surface area contributed by atoms with Crippen LogP contribution in [0.2, 0.25) is 0 Å². The summed E-state index contributed by atoms with van der Waals surface area (Å²) in [6.07, 6.45) is 7.98. The van der Waals surface area contributed by atoms with Crippen LogP contribution >= 0.6 is 0 Å². The molecule has 0 aliphatic heterocycles. The average Bonchev–Trinajstić information content (AvgIpc) is 2.08. The predicted octanol–water partition coefficient (Wildman–Crippen LogP) is 1.29. The Bertz CT molecular complexity index is 223. The van der Waals surface area contributed by atoms with Gasteiger partial charge in [0.25, 0.3) is 0 Å². The molecule has 0 saturated carbocycles. The summed E-state index contributed by atoms with van der Waals surface area (Å²) in [5.74, 6) is 2.63. The number of hydrogen-bond donors (Lipinski definition) is 2. The van der Waals surface area contributed by atoms with Crippen LogP contribution in [0.25, 0.3) is 0 Å². The number of carbonyl (C=O) groups excluding carboxylic acids is 1. The number of amides is 1. The first-order valence-electron chi connectivity index (χ1n) is 5.41. The number of nitrogens with one attached hydrogen (secondary N) is 2. The third kappa shape index (κ3) is 10.9. The number of terminal acetylenes is 1. The van der Waals surface area contributed by atoms with Crippen LogP contribution in [0.4, 0.5) is 0 Å². The minimum absolute atomic E-state index is 0.0412. The number of hydrogen-bond acceptors (Lipinski definition) is 2.